The van der Waals surface area contributed by atoms with Crippen molar-refractivity contribution in [3.8, 4) is 5.75 Å². The molecule has 1 aromatic rings. The van der Waals surface area contributed by atoms with Gasteiger partial charge in [-0.3, -0.25) is 0 Å². The lowest BCUT2D eigenvalue weighted by atomic mass is 10.2. The van der Waals surface area contributed by atoms with Crippen LogP contribution in [0.4, 0.5) is 0 Å². The molecule has 1 rings (SSSR count). The fraction of sp³-hybridized carbons (Fsp3) is 0.455. The highest BCUT2D eigenvalue weighted by atomic mass is 35.5. The van der Waals surface area contributed by atoms with E-state index >= 15 is 0 Å². The molecule has 0 saturated carbocycles. The van der Waals surface area contributed by atoms with Gasteiger partial charge in [-0.25, -0.2) is 0 Å². The van der Waals surface area contributed by atoms with Gasteiger partial charge >= 0.3 is 0 Å². The molecule has 0 bridgehead atoms. The molecule has 13 heavy (non-hydrogen) atoms. The van der Waals surface area contributed by atoms with E-state index in [0.717, 1.165) is 25.2 Å². The fourth-order valence-corrected chi connectivity index (χ4v) is 1.30. The molecule has 0 amide bonds. The molecule has 0 heterocycles. The summed E-state index contributed by atoms with van der Waals surface area (Å²) in [5.74, 6) is 1.62. The first-order chi connectivity index (χ1) is 6.36. The third-order valence-corrected chi connectivity index (χ3v) is 1.97. The molecule has 1 aromatic carbocycles. The van der Waals surface area contributed by atoms with E-state index in [1.165, 1.54) is 5.56 Å². The topological polar surface area (TPSA) is 9.23 Å². The Morgan fingerprint density at radius 1 is 1.23 bits per heavy atom. The van der Waals surface area contributed by atoms with Crippen LogP contribution in [0.25, 0.3) is 0 Å². The SMILES string of the molecule is CCCOc1ccc(CCCl)cc1. The van der Waals surface area contributed by atoms with Crippen molar-refractivity contribution < 1.29 is 4.74 Å². The van der Waals surface area contributed by atoms with Crippen LogP contribution >= 0.6 is 11.6 Å². The summed E-state index contributed by atoms with van der Waals surface area (Å²) in [6, 6.07) is 8.12. The molecule has 1 nitrogen and oxygen atoms in total. The molecule has 0 atom stereocenters. The van der Waals surface area contributed by atoms with Crippen molar-refractivity contribution in [1.82, 2.24) is 0 Å². The van der Waals surface area contributed by atoms with Gasteiger partial charge in [0.15, 0.2) is 0 Å². The van der Waals surface area contributed by atoms with Gasteiger partial charge in [-0.15, -0.1) is 11.6 Å². The molecule has 0 aromatic heterocycles. The first-order valence-electron chi connectivity index (χ1n) is 4.64. The van der Waals surface area contributed by atoms with Gasteiger partial charge in [0, 0.05) is 5.88 Å². The molecule has 2 heteroatoms. The van der Waals surface area contributed by atoms with Gasteiger partial charge in [0.25, 0.3) is 0 Å². The quantitative estimate of drug-likeness (QED) is 0.660. The number of hydrogen-bond acceptors (Lipinski definition) is 1. The van der Waals surface area contributed by atoms with Crippen molar-refractivity contribution in [2.75, 3.05) is 12.5 Å². The third kappa shape index (κ3) is 3.69. The number of ether oxygens (including phenoxy) is 1. The molecule has 0 aliphatic rings. The predicted molar refractivity (Wildman–Crippen MR) is 56.7 cm³/mol. The molecule has 0 saturated heterocycles. The summed E-state index contributed by atoms with van der Waals surface area (Å²) in [6.45, 7) is 2.89. The molecule has 0 unspecified atom stereocenters. The zero-order valence-electron chi connectivity index (χ0n) is 7.92. The molecular formula is C11H15ClO. The Hall–Kier alpha value is -0.690. The van der Waals surface area contributed by atoms with E-state index in [4.69, 9.17) is 16.3 Å². The van der Waals surface area contributed by atoms with E-state index < -0.39 is 0 Å². The third-order valence-electron chi connectivity index (χ3n) is 1.78. The van der Waals surface area contributed by atoms with Crippen LogP contribution < -0.4 is 4.74 Å². The number of hydrogen-bond donors (Lipinski definition) is 0. The molecule has 72 valence electrons. The van der Waals surface area contributed by atoms with Crippen LogP contribution in [0, 0.1) is 0 Å². The van der Waals surface area contributed by atoms with Crippen molar-refractivity contribution in [1.29, 1.82) is 0 Å². The summed E-state index contributed by atoms with van der Waals surface area (Å²) in [6.07, 6.45) is 1.97. The summed E-state index contributed by atoms with van der Waals surface area (Å²) in [7, 11) is 0. The lowest BCUT2D eigenvalue weighted by Crippen LogP contribution is -1.95. The van der Waals surface area contributed by atoms with Crippen molar-refractivity contribution in [3.63, 3.8) is 0 Å². The second kappa shape index (κ2) is 5.87. The van der Waals surface area contributed by atoms with Gasteiger partial charge in [0.2, 0.25) is 0 Å². The molecule has 0 radical (unpaired) electrons. The number of aryl methyl sites for hydroxylation is 1. The summed E-state index contributed by atoms with van der Waals surface area (Å²) in [5, 5.41) is 0. The minimum atomic E-state index is 0.676. The second-order valence-corrected chi connectivity index (χ2v) is 3.31. The van der Waals surface area contributed by atoms with Crippen molar-refractivity contribution in [2.45, 2.75) is 19.8 Å². The van der Waals surface area contributed by atoms with E-state index in [1.807, 2.05) is 12.1 Å². The Labute approximate surface area is 84.7 Å². The van der Waals surface area contributed by atoms with Gasteiger partial charge < -0.3 is 4.74 Å². The number of halogens is 1. The van der Waals surface area contributed by atoms with E-state index in [9.17, 15) is 0 Å². The summed E-state index contributed by atoms with van der Waals surface area (Å²) in [4.78, 5) is 0. The van der Waals surface area contributed by atoms with Crippen molar-refractivity contribution >= 4 is 11.6 Å². The van der Waals surface area contributed by atoms with Gasteiger partial charge in [0.05, 0.1) is 6.61 Å². The van der Waals surface area contributed by atoms with E-state index in [1.54, 1.807) is 0 Å². The van der Waals surface area contributed by atoms with E-state index in [-0.39, 0.29) is 0 Å². The average molecular weight is 199 g/mol. The summed E-state index contributed by atoms with van der Waals surface area (Å²) >= 11 is 5.63. The van der Waals surface area contributed by atoms with Crippen LogP contribution in [0.15, 0.2) is 24.3 Å². The Bertz CT molecular complexity index is 230. The minimum absolute atomic E-state index is 0.676. The fourth-order valence-electron chi connectivity index (χ4n) is 1.08. The minimum Gasteiger partial charge on any atom is -0.494 e. The standard InChI is InChI=1S/C11H15ClO/c1-2-9-13-11-5-3-10(4-6-11)7-8-12/h3-6H,2,7-9H2,1H3. The largest absolute Gasteiger partial charge is 0.494 e. The Kier molecular flexibility index (Phi) is 4.69. The highest BCUT2D eigenvalue weighted by molar-refractivity contribution is 6.17. The normalized spacial score (nSPS) is 10.0. The number of alkyl halides is 1. The highest BCUT2D eigenvalue weighted by Gasteiger charge is 1.93. The summed E-state index contributed by atoms with van der Waals surface area (Å²) in [5.41, 5.74) is 1.26. The number of benzene rings is 1. The van der Waals surface area contributed by atoms with Crippen LogP contribution in [0.5, 0.6) is 5.75 Å². The summed E-state index contributed by atoms with van der Waals surface area (Å²) < 4.78 is 5.46. The molecule has 0 spiro atoms. The van der Waals surface area contributed by atoms with Crippen LogP contribution in [0.2, 0.25) is 0 Å². The van der Waals surface area contributed by atoms with Crippen LogP contribution in [0.3, 0.4) is 0 Å². The van der Waals surface area contributed by atoms with Crippen LogP contribution in [0.1, 0.15) is 18.9 Å². The molecule has 0 fully saturated rings. The van der Waals surface area contributed by atoms with Gasteiger partial charge in [-0.2, -0.15) is 0 Å². The first kappa shape index (κ1) is 10.4. The highest BCUT2D eigenvalue weighted by Crippen LogP contribution is 2.12. The smallest absolute Gasteiger partial charge is 0.119 e. The van der Waals surface area contributed by atoms with Crippen molar-refractivity contribution in [2.24, 2.45) is 0 Å². The second-order valence-electron chi connectivity index (χ2n) is 2.93. The molecule has 0 aliphatic carbocycles. The Balaban J connectivity index is 2.48. The zero-order chi connectivity index (χ0) is 9.52. The van der Waals surface area contributed by atoms with Crippen LogP contribution in [-0.2, 0) is 6.42 Å². The van der Waals surface area contributed by atoms with E-state index in [0.29, 0.717) is 5.88 Å². The van der Waals surface area contributed by atoms with Gasteiger partial charge in [-0.05, 0) is 30.5 Å². The lowest BCUT2D eigenvalue weighted by Gasteiger charge is -2.04. The Morgan fingerprint density at radius 3 is 2.46 bits per heavy atom. The Morgan fingerprint density at radius 2 is 1.92 bits per heavy atom. The zero-order valence-corrected chi connectivity index (χ0v) is 8.68. The maximum absolute atomic E-state index is 5.63. The average Bonchev–Trinajstić information content (AvgIpc) is 2.17. The maximum atomic E-state index is 5.63. The van der Waals surface area contributed by atoms with Crippen molar-refractivity contribution in [3.05, 3.63) is 29.8 Å². The molecular weight excluding hydrogens is 184 g/mol. The first-order valence-corrected chi connectivity index (χ1v) is 5.18. The predicted octanol–water partition coefficient (Wildman–Crippen LogP) is 3.26. The monoisotopic (exact) mass is 198 g/mol. The molecule has 0 aliphatic heterocycles. The van der Waals surface area contributed by atoms with Gasteiger partial charge in [-0.1, -0.05) is 19.1 Å². The lowest BCUT2D eigenvalue weighted by molar-refractivity contribution is 0.317. The van der Waals surface area contributed by atoms with Gasteiger partial charge in [0.1, 0.15) is 5.75 Å². The van der Waals surface area contributed by atoms with Crippen LogP contribution in [-0.4, -0.2) is 12.5 Å². The van der Waals surface area contributed by atoms with E-state index in [2.05, 4.69) is 19.1 Å². The maximum Gasteiger partial charge on any atom is 0.119 e. The number of rotatable bonds is 5. The molecule has 0 N–H and O–H groups in total.